The van der Waals surface area contributed by atoms with Crippen molar-refractivity contribution in [3.8, 4) is 0 Å². The smallest absolute Gasteiger partial charge is 0.248 e. The molecule has 1 aliphatic rings. The van der Waals surface area contributed by atoms with E-state index in [-0.39, 0.29) is 6.04 Å². The standard InChI is InChI=1S/C13H15N3O/c14-12(10-4-2-1-3-5-10)13-15-11(16-17-13)8-9-6-7-9/h1-5,9,12H,6-8,14H2. The van der Waals surface area contributed by atoms with Crippen molar-refractivity contribution in [2.45, 2.75) is 25.3 Å². The Kier molecular flexibility index (Phi) is 2.65. The second-order valence-corrected chi connectivity index (χ2v) is 4.58. The maximum Gasteiger partial charge on any atom is 0.248 e. The van der Waals surface area contributed by atoms with E-state index < -0.39 is 0 Å². The van der Waals surface area contributed by atoms with Gasteiger partial charge in [-0.1, -0.05) is 35.5 Å². The van der Waals surface area contributed by atoms with Gasteiger partial charge in [0.2, 0.25) is 5.89 Å². The van der Waals surface area contributed by atoms with Crippen LogP contribution < -0.4 is 5.73 Å². The van der Waals surface area contributed by atoms with E-state index in [0.29, 0.717) is 5.89 Å². The molecule has 1 atom stereocenters. The lowest BCUT2D eigenvalue weighted by molar-refractivity contribution is 0.362. The Morgan fingerprint density at radius 3 is 2.76 bits per heavy atom. The van der Waals surface area contributed by atoms with Crippen molar-refractivity contribution in [3.05, 3.63) is 47.6 Å². The molecule has 0 amide bonds. The van der Waals surface area contributed by atoms with E-state index in [4.69, 9.17) is 10.3 Å². The summed E-state index contributed by atoms with van der Waals surface area (Å²) in [6.07, 6.45) is 3.49. The molecule has 4 heteroatoms. The molecular weight excluding hydrogens is 214 g/mol. The van der Waals surface area contributed by atoms with E-state index in [2.05, 4.69) is 10.1 Å². The fourth-order valence-corrected chi connectivity index (χ4v) is 1.86. The van der Waals surface area contributed by atoms with Gasteiger partial charge in [0.1, 0.15) is 6.04 Å². The minimum atomic E-state index is -0.323. The average Bonchev–Trinajstić information content (AvgIpc) is 3.06. The van der Waals surface area contributed by atoms with Gasteiger partial charge in [0.25, 0.3) is 0 Å². The van der Waals surface area contributed by atoms with E-state index >= 15 is 0 Å². The van der Waals surface area contributed by atoms with Crippen LogP contribution in [0.25, 0.3) is 0 Å². The summed E-state index contributed by atoms with van der Waals surface area (Å²) in [4.78, 5) is 4.36. The molecule has 0 aliphatic heterocycles. The number of hydrogen-bond acceptors (Lipinski definition) is 4. The summed E-state index contributed by atoms with van der Waals surface area (Å²) in [6.45, 7) is 0. The molecule has 3 rings (SSSR count). The van der Waals surface area contributed by atoms with Gasteiger partial charge >= 0.3 is 0 Å². The van der Waals surface area contributed by atoms with Crippen LogP contribution in [0.15, 0.2) is 34.9 Å². The Bertz CT molecular complexity index is 490. The van der Waals surface area contributed by atoms with E-state index in [1.807, 2.05) is 30.3 Å². The first-order valence-electron chi connectivity index (χ1n) is 5.96. The largest absolute Gasteiger partial charge is 0.337 e. The van der Waals surface area contributed by atoms with E-state index in [0.717, 1.165) is 23.7 Å². The van der Waals surface area contributed by atoms with Crippen molar-refractivity contribution >= 4 is 0 Å². The normalized spacial score (nSPS) is 17.0. The van der Waals surface area contributed by atoms with Crippen molar-refractivity contribution < 1.29 is 4.52 Å². The SMILES string of the molecule is NC(c1ccccc1)c1nc(CC2CC2)no1. The van der Waals surface area contributed by atoms with Crippen molar-refractivity contribution in [2.75, 3.05) is 0 Å². The van der Waals surface area contributed by atoms with Crippen molar-refractivity contribution in [1.29, 1.82) is 0 Å². The lowest BCUT2D eigenvalue weighted by atomic mass is 10.1. The summed E-state index contributed by atoms with van der Waals surface area (Å²) in [5, 5.41) is 3.98. The second kappa shape index (κ2) is 4.30. The van der Waals surface area contributed by atoms with E-state index in [9.17, 15) is 0 Å². The maximum absolute atomic E-state index is 6.08. The van der Waals surface area contributed by atoms with Gasteiger partial charge in [-0.15, -0.1) is 0 Å². The number of rotatable bonds is 4. The number of hydrogen-bond donors (Lipinski definition) is 1. The molecule has 1 aliphatic carbocycles. The molecule has 1 unspecified atom stereocenters. The molecule has 1 aromatic heterocycles. The van der Waals surface area contributed by atoms with Gasteiger partial charge in [-0.3, -0.25) is 0 Å². The lowest BCUT2D eigenvalue weighted by Crippen LogP contribution is -2.12. The van der Waals surface area contributed by atoms with Crippen LogP contribution in [0.5, 0.6) is 0 Å². The minimum absolute atomic E-state index is 0.323. The summed E-state index contributed by atoms with van der Waals surface area (Å²) >= 11 is 0. The highest BCUT2D eigenvalue weighted by Crippen LogP contribution is 2.32. The molecule has 1 aromatic carbocycles. The zero-order valence-electron chi connectivity index (χ0n) is 9.54. The molecule has 4 nitrogen and oxygen atoms in total. The van der Waals surface area contributed by atoms with Gasteiger partial charge in [-0.2, -0.15) is 4.98 Å². The van der Waals surface area contributed by atoms with Crippen molar-refractivity contribution in [3.63, 3.8) is 0 Å². The Morgan fingerprint density at radius 2 is 2.06 bits per heavy atom. The summed E-state index contributed by atoms with van der Waals surface area (Å²) in [5.74, 6) is 2.05. The zero-order valence-corrected chi connectivity index (χ0v) is 9.54. The van der Waals surface area contributed by atoms with E-state index in [1.54, 1.807) is 0 Å². The quantitative estimate of drug-likeness (QED) is 0.871. The molecule has 0 bridgehead atoms. The first-order chi connectivity index (χ1) is 8.33. The highest BCUT2D eigenvalue weighted by Gasteiger charge is 2.25. The third-order valence-electron chi connectivity index (χ3n) is 3.08. The molecule has 0 saturated heterocycles. The van der Waals surface area contributed by atoms with Crippen LogP contribution in [0.1, 0.15) is 36.2 Å². The molecular formula is C13H15N3O. The monoisotopic (exact) mass is 229 g/mol. The predicted molar refractivity (Wildman–Crippen MR) is 63.2 cm³/mol. The van der Waals surface area contributed by atoms with Crippen LogP contribution in [0, 0.1) is 5.92 Å². The predicted octanol–water partition coefficient (Wildman–Crippen LogP) is 2.07. The topological polar surface area (TPSA) is 64.9 Å². The minimum Gasteiger partial charge on any atom is -0.337 e. The third kappa shape index (κ3) is 2.36. The van der Waals surface area contributed by atoms with E-state index in [1.165, 1.54) is 12.8 Å². The molecule has 0 spiro atoms. The lowest BCUT2D eigenvalue weighted by Gasteiger charge is -2.05. The molecule has 1 saturated carbocycles. The van der Waals surface area contributed by atoms with Crippen LogP contribution in [-0.4, -0.2) is 10.1 Å². The zero-order chi connectivity index (χ0) is 11.7. The Labute approximate surface area is 99.8 Å². The maximum atomic E-state index is 6.08. The van der Waals surface area contributed by atoms with Crippen LogP contribution >= 0.6 is 0 Å². The van der Waals surface area contributed by atoms with Crippen LogP contribution in [-0.2, 0) is 6.42 Å². The van der Waals surface area contributed by atoms with Gasteiger partial charge in [0, 0.05) is 6.42 Å². The first-order valence-corrected chi connectivity index (χ1v) is 5.96. The van der Waals surface area contributed by atoms with Gasteiger partial charge in [-0.25, -0.2) is 0 Å². The average molecular weight is 229 g/mol. The summed E-state index contributed by atoms with van der Waals surface area (Å²) in [6, 6.07) is 9.48. The fourth-order valence-electron chi connectivity index (χ4n) is 1.86. The summed E-state index contributed by atoms with van der Waals surface area (Å²) in [7, 11) is 0. The number of benzene rings is 1. The Hall–Kier alpha value is -1.68. The number of nitrogens with two attached hydrogens (primary N) is 1. The highest BCUT2D eigenvalue weighted by atomic mass is 16.5. The van der Waals surface area contributed by atoms with Gasteiger partial charge in [-0.05, 0) is 24.3 Å². The van der Waals surface area contributed by atoms with Gasteiger partial charge in [0.15, 0.2) is 5.82 Å². The van der Waals surface area contributed by atoms with Crippen molar-refractivity contribution in [1.82, 2.24) is 10.1 Å². The van der Waals surface area contributed by atoms with Crippen LogP contribution in [0.2, 0.25) is 0 Å². The van der Waals surface area contributed by atoms with Gasteiger partial charge < -0.3 is 10.3 Å². The molecule has 0 radical (unpaired) electrons. The molecule has 88 valence electrons. The molecule has 2 aromatic rings. The third-order valence-corrected chi connectivity index (χ3v) is 3.08. The molecule has 17 heavy (non-hydrogen) atoms. The second-order valence-electron chi connectivity index (χ2n) is 4.58. The Morgan fingerprint density at radius 1 is 1.29 bits per heavy atom. The number of aromatic nitrogens is 2. The van der Waals surface area contributed by atoms with Crippen LogP contribution in [0.4, 0.5) is 0 Å². The van der Waals surface area contributed by atoms with Gasteiger partial charge in [0.05, 0.1) is 0 Å². The summed E-state index contributed by atoms with van der Waals surface area (Å²) < 4.78 is 5.22. The molecule has 2 N–H and O–H groups in total. The Balaban J connectivity index is 1.76. The molecule has 1 fully saturated rings. The van der Waals surface area contributed by atoms with Crippen molar-refractivity contribution in [2.24, 2.45) is 11.7 Å². The first kappa shape index (κ1) is 10.5. The molecule has 1 heterocycles. The summed E-state index contributed by atoms with van der Waals surface area (Å²) in [5.41, 5.74) is 7.07. The number of nitrogens with zero attached hydrogens (tertiary/aromatic N) is 2. The van der Waals surface area contributed by atoms with Crippen LogP contribution in [0.3, 0.4) is 0 Å². The fraction of sp³-hybridized carbons (Fsp3) is 0.385. The highest BCUT2D eigenvalue weighted by molar-refractivity contribution is 5.22.